The zero-order valence-electron chi connectivity index (χ0n) is 18.2. The molecule has 1 aliphatic heterocycles. The number of benzene rings is 3. The first kappa shape index (κ1) is 25.2. The highest BCUT2D eigenvalue weighted by molar-refractivity contribution is 6.35. The number of methoxy groups -OCH3 is 1. The average Bonchev–Trinajstić information content (AvgIpc) is 3.20. The van der Waals surface area contributed by atoms with Gasteiger partial charge in [0.1, 0.15) is 0 Å². The van der Waals surface area contributed by atoms with Crippen molar-refractivity contribution in [1.82, 2.24) is 0 Å². The van der Waals surface area contributed by atoms with Gasteiger partial charge in [-0.25, -0.2) is 14.6 Å². The van der Waals surface area contributed by atoms with Crippen LogP contribution < -0.4 is 9.47 Å². The number of carbonyl (C=O) groups excluding carboxylic acids is 2. The lowest BCUT2D eigenvalue weighted by molar-refractivity contribution is -0.384. The molecule has 0 unspecified atom stereocenters. The van der Waals surface area contributed by atoms with Crippen LogP contribution in [0.25, 0.3) is 6.08 Å². The molecule has 0 aliphatic carbocycles. The van der Waals surface area contributed by atoms with Gasteiger partial charge in [-0.3, -0.25) is 10.1 Å². The van der Waals surface area contributed by atoms with Gasteiger partial charge in [-0.1, -0.05) is 46.9 Å². The maximum Gasteiger partial charge on any atom is 0.363 e. The summed E-state index contributed by atoms with van der Waals surface area (Å²) >= 11 is 18.5. The number of esters is 2. The molecular weight excluding hydrogens is 535 g/mol. The van der Waals surface area contributed by atoms with Gasteiger partial charge in [-0.2, -0.15) is 0 Å². The van der Waals surface area contributed by atoms with Crippen LogP contribution in [0.5, 0.6) is 11.5 Å². The number of cyclic esters (lactones) is 1. The molecule has 0 saturated heterocycles. The standard InChI is InChI=1S/C24H13Cl3N2O7/c1-34-20-10-12(8-18(27)21(20)35-23(30)14-4-2-3-5-16(14)25)9-19-24(31)36-22(28-19)15-11-13(29(32)33)6-7-17(15)26/h2-11H,1H3/b19-9-. The van der Waals surface area contributed by atoms with E-state index in [1.54, 1.807) is 18.2 Å². The maximum absolute atomic E-state index is 12.6. The third kappa shape index (κ3) is 5.18. The van der Waals surface area contributed by atoms with Gasteiger partial charge >= 0.3 is 11.9 Å². The van der Waals surface area contributed by atoms with Crippen molar-refractivity contribution in [3.63, 3.8) is 0 Å². The number of nitrogens with zero attached hydrogens (tertiary/aromatic N) is 2. The van der Waals surface area contributed by atoms with E-state index in [1.807, 2.05) is 0 Å². The van der Waals surface area contributed by atoms with E-state index in [1.165, 1.54) is 43.5 Å². The molecule has 182 valence electrons. The fraction of sp³-hybridized carbons (Fsp3) is 0.0417. The van der Waals surface area contributed by atoms with Crippen LogP contribution in [0.4, 0.5) is 5.69 Å². The van der Waals surface area contributed by atoms with E-state index in [-0.39, 0.29) is 55.0 Å². The predicted octanol–water partition coefficient (Wildman–Crippen LogP) is 6.13. The number of hydrogen-bond acceptors (Lipinski definition) is 8. The second-order valence-electron chi connectivity index (χ2n) is 7.16. The van der Waals surface area contributed by atoms with E-state index in [4.69, 9.17) is 49.0 Å². The van der Waals surface area contributed by atoms with E-state index in [0.717, 1.165) is 6.07 Å². The van der Waals surface area contributed by atoms with Crippen molar-refractivity contribution in [2.75, 3.05) is 7.11 Å². The molecule has 0 N–H and O–H groups in total. The molecule has 0 bridgehead atoms. The first-order chi connectivity index (χ1) is 17.2. The largest absolute Gasteiger partial charge is 0.493 e. The zero-order chi connectivity index (χ0) is 26.0. The van der Waals surface area contributed by atoms with Gasteiger partial charge in [-0.15, -0.1) is 0 Å². The van der Waals surface area contributed by atoms with Crippen LogP contribution in [0.2, 0.25) is 15.1 Å². The number of ether oxygens (including phenoxy) is 3. The summed E-state index contributed by atoms with van der Waals surface area (Å²) in [5.41, 5.74) is 0.228. The van der Waals surface area contributed by atoms with Crippen LogP contribution in [0.3, 0.4) is 0 Å². The number of nitro benzene ring substituents is 1. The Labute approximate surface area is 218 Å². The van der Waals surface area contributed by atoms with Gasteiger partial charge < -0.3 is 14.2 Å². The second kappa shape index (κ2) is 10.4. The Hall–Kier alpha value is -3.92. The number of halogens is 3. The summed E-state index contributed by atoms with van der Waals surface area (Å²) in [5.74, 6) is -1.69. The van der Waals surface area contributed by atoms with Crippen molar-refractivity contribution < 1.29 is 28.7 Å². The lowest BCUT2D eigenvalue weighted by Gasteiger charge is -2.12. The SMILES string of the molecule is COc1cc(/C=C2\N=C(c3cc([N+](=O)[O-])ccc3Cl)OC2=O)cc(Cl)c1OC(=O)c1ccccc1Cl. The molecule has 0 aromatic heterocycles. The van der Waals surface area contributed by atoms with Gasteiger partial charge in [0.2, 0.25) is 5.90 Å². The Morgan fingerprint density at radius 3 is 2.50 bits per heavy atom. The van der Waals surface area contributed by atoms with Crippen LogP contribution in [0.1, 0.15) is 21.5 Å². The Kier molecular flexibility index (Phi) is 7.25. The van der Waals surface area contributed by atoms with Crippen molar-refractivity contribution in [3.05, 3.63) is 102 Å². The summed E-state index contributed by atoms with van der Waals surface area (Å²) < 4.78 is 15.9. The molecule has 9 nitrogen and oxygen atoms in total. The summed E-state index contributed by atoms with van der Waals surface area (Å²) in [6, 6.07) is 12.9. The summed E-state index contributed by atoms with van der Waals surface area (Å²) in [5, 5.41) is 11.4. The predicted molar refractivity (Wildman–Crippen MR) is 133 cm³/mol. The molecule has 0 saturated carbocycles. The lowest BCUT2D eigenvalue weighted by atomic mass is 10.1. The van der Waals surface area contributed by atoms with Crippen LogP contribution in [0, 0.1) is 10.1 Å². The minimum absolute atomic E-state index is 0.0129. The maximum atomic E-state index is 12.6. The highest BCUT2D eigenvalue weighted by Crippen LogP contribution is 2.38. The van der Waals surface area contributed by atoms with Crippen molar-refractivity contribution >= 4 is 64.4 Å². The Bertz CT molecular complexity index is 1480. The van der Waals surface area contributed by atoms with Crippen molar-refractivity contribution in [1.29, 1.82) is 0 Å². The molecule has 1 heterocycles. The van der Waals surface area contributed by atoms with E-state index in [9.17, 15) is 19.7 Å². The highest BCUT2D eigenvalue weighted by atomic mass is 35.5. The number of nitro groups is 1. The highest BCUT2D eigenvalue weighted by Gasteiger charge is 2.27. The average molecular weight is 548 g/mol. The number of hydrogen-bond donors (Lipinski definition) is 0. The number of carbonyl (C=O) groups is 2. The quantitative estimate of drug-likeness (QED) is 0.120. The molecule has 4 rings (SSSR count). The van der Waals surface area contributed by atoms with E-state index in [0.29, 0.717) is 5.56 Å². The van der Waals surface area contributed by atoms with Gasteiger partial charge in [0.05, 0.1) is 38.2 Å². The molecular formula is C24H13Cl3N2O7. The van der Waals surface area contributed by atoms with Gasteiger partial charge in [0.25, 0.3) is 5.69 Å². The van der Waals surface area contributed by atoms with Crippen molar-refractivity contribution in [3.8, 4) is 11.5 Å². The summed E-state index contributed by atoms with van der Waals surface area (Å²) in [6.07, 6.45) is 1.36. The fourth-order valence-corrected chi connectivity index (χ4v) is 3.84. The zero-order valence-corrected chi connectivity index (χ0v) is 20.4. The van der Waals surface area contributed by atoms with Crippen LogP contribution in [-0.2, 0) is 9.53 Å². The summed E-state index contributed by atoms with van der Waals surface area (Å²) in [7, 11) is 1.35. The Morgan fingerprint density at radius 1 is 1.06 bits per heavy atom. The third-order valence-corrected chi connectivity index (χ3v) is 5.80. The minimum atomic E-state index is -0.808. The van der Waals surface area contributed by atoms with Gasteiger partial charge in [0.15, 0.2) is 17.2 Å². The minimum Gasteiger partial charge on any atom is -0.493 e. The normalized spacial score (nSPS) is 13.8. The number of aliphatic imine (C=N–C) groups is 1. The summed E-state index contributed by atoms with van der Waals surface area (Å²) in [4.78, 5) is 39.5. The molecule has 0 fully saturated rings. The van der Waals surface area contributed by atoms with Gasteiger partial charge in [0, 0.05) is 12.1 Å². The number of rotatable bonds is 6. The molecule has 0 atom stereocenters. The first-order valence-electron chi connectivity index (χ1n) is 9.99. The van der Waals surface area contributed by atoms with E-state index < -0.39 is 16.9 Å². The van der Waals surface area contributed by atoms with Crippen LogP contribution in [0.15, 0.2) is 65.3 Å². The van der Waals surface area contributed by atoms with Crippen LogP contribution in [-0.4, -0.2) is 29.9 Å². The van der Waals surface area contributed by atoms with Gasteiger partial charge in [-0.05, 0) is 42.0 Å². The Balaban J connectivity index is 1.66. The fourth-order valence-electron chi connectivity index (χ4n) is 3.17. The molecule has 0 amide bonds. The van der Waals surface area contributed by atoms with E-state index in [2.05, 4.69) is 4.99 Å². The molecule has 0 spiro atoms. The smallest absolute Gasteiger partial charge is 0.363 e. The third-order valence-electron chi connectivity index (χ3n) is 4.86. The van der Waals surface area contributed by atoms with Crippen molar-refractivity contribution in [2.24, 2.45) is 4.99 Å². The lowest BCUT2D eigenvalue weighted by Crippen LogP contribution is -2.10. The Morgan fingerprint density at radius 2 is 1.81 bits per heavy atom. The number of non-ortho nitro benzene ring substituents is 1. The first-order valence-corrected chi connectivity index (χ1v) is 11.1. The molecule has 12 heteroatoms. The van der Waals surface area contributed by atoms with Crippen molar-refractivity contribution in [2.45, 2.75) is 0 Å². The summed E-state index contributed by atoms with van der Waals surface area (Å²) in [6.45, 7) is 0. The molecule has 1 aliphatic rings. The second-order valence-corrected chi connectivity index (χ2v) is 8.38. The molecule has 3 aromatic rings. The molecule has 3 aromatic carbocycles. The monoisotopic (exact) mass is 546 g/mol. The molecule has 0 radical (unpaired) electrons. The molecule has 36 heavy (non-hydrogen) atoms. The van der Waals surface area contributed by atoms with Crippen LogP contribution >= 0.6 is 34.8 Å². The topological polar surface area (TPSA) is 117 Å². The van der Waals surface area contributed by atoms with E-state index >= 15 is 0 Å².